The predicted molar refractivity (Wildman–Crippen MR) is 155 cm³/mol. The van der Waals surface area contributed by atoms with Crippen LogP contribution in [-0.2, 0) is 11.4 Å². The van der Waals surface area contributed by atoms with Crippen LogP contribution in [0.4, 0.5) is 0 Å². The largest absolute Gasteiger partial charge is 0.493 e. The molecule has 0 aliphatic heterocycles. The van der Waals surface area contributed by atoms with Gasteiger partial charge in [-0.2, -0.15) is 5.10 Å². The number of hydrazone groups is 1. The Bertz CT molecular complexity index is 1350. The first-order valence-corrected chi connectivity index (χ1v) is 13.4. The second-order valence-corrected chi connectivity index (χ2v) is 10.5. The number of hydrogen-bond donors (Lipinski definition) is 2. The lowest BCUT2D eigenvalue weighted by atomic mass is 10.0. The van der Waals surface area contributed by atoms with Crippen LogP contribution in [-0.4, -0.2) is 31.2 Å². The van der Waals surface area contributed by atoms with Crippen molar-refractivity contribution in [2.24, 2.45) is 11.0 Å². The minimum Gasteiger partial charge on any atom is -0.493 e. The van der Waals surface area contributed by atoms with Crippen molar-refractivity contribution in [3.63, 3.8) is 0 Å². The maximum absolute atomic E-state index is 12.8. The van der Waals surface area contributed by atoms with E-state index in [0.29, 0.717) is 31.6 Å². The van der Waals surface area contributed by atoms with Gasteiger partial charge < -0.3 is 14.8 Å². The number of nitrogens with one attached hydrogen (secondary N) is 2. The number of methoxy groups -OCH3 is 1. The van der Waals surface area contributed by atoms with Gasteiger partial charge in [0, 0.05) is 16.1 Å². The van der Waals surface area contributed by atoms with E-state index in [1.165, 1.54) is 31.5 Å². The van der Waals surface area contributed by atoms with Crippen molar-refractivity contribution in [3.05, 3.63) is 90.8 Å². The molecule has 2 amide bonds. The average Bonchev–Trinajstić information content (AvgIpc) is 2.88. The van der Waals surface area contributed by atoms with Crippen LogP contribution < -0.4 is 20.2 Å². The lowest BCUT2D eigenvalue weighted by Gasteiger charge is -2.20. The maximum Gasteiger partial charge on any atom is 0.262 e. The summed E-state index contributed by atoms with van der Waals surface area (Å²) in [4.78, 5) is 25.5. The smallest absolute Gasteiger partial charge is 0.262 e. The van der Waals surface area contributed by atoms with Crippen molar-refractivity contribution < 1.29 is 19.1 Å². The van der Waals surface area contributed by atoms with Crippen LogP contribution in [0.25, 0.3) is 0 Å². The summed E-state index contributed by atoms with van der Waals surface area (Å²) in [6, 6.07) is 14.6. The van der Waals surface area contributed by atoms with Gasteiger partial charge in [-0.25, -0.2) is 5.43 Å². The first-order valence-electron chi connectivity index (χ1n) is 11.4. The van der Waals surface area contributed by atoms with Gasteiger partial charge in [-0.15, -0.1) is 0 Å². The summed E-state index contributed by atoms with van der Waals surface area (Å²) in [6.45, 7) is 3.88. The molecule has 7 nitrogen and oxygen atoms in total. The number of benzene rings is 3. The topological polar surface area (TPSA) is 89.0 Å². The van der Waals surface area contributed by atoms with Crippen molar-refractivity contribution in [1.29, 1.82) is 0 Å². The van der Waals surface area contributed by atoms with Gasteiger partial charge in [0.25, 0.3) is 11.8 Å². The van der Waals surface area contributed by atoms with E-state index in [-0.39, 0.29) is 23.1 Å². The summed E-state index contributed by atoms with van der Waals surface area (Å²) in [5, 5.41) is 7.95. The van der Waals surface area contributed by atoms with Crippen LogP contribution in [0.3, 0.4) is 0 Å². The van der Waals surface area contributed by atoms with Crippen molar-refractivity contribution in [2.75, 3.05) is 7.11 Å². The summed E-state index contributed by atoms with van der Waals surface area (Å²) in [5.41, 5.74) is 4.24. The number of rotatable bonds is 10. The van der Waals surface area contributed by atoms with Crippen molar-refractivity contribution >= 4 is 68.8 Å². The summed E-state index contributed by atoms with van der Waals surface area (Å²) < 4.78 is 12.1. The number of nitrogens with zero attached hydrogens (tertiary/aromatic N) is 1. The Labute approximate surface area is 244 Å². The molecule has 3 aromatic carbocycles. The number of carbonyl (C=O) groups excluding carboxylic acids is 2. The van der Waals surface area contributed by atoms with Gasteiger partial charge >= 0.3 is 0 Å². The molecule has 0 saturated heterocycles. The molecule has 0 saturated carbocycles. The van der Waals surface area contributed by atoms with Crippen molar-refractivity contribution in [2.45, 2.75) is 26.5 Å². The number of carbonyl (C=O) groups is 2. The second-order valence-electron chi connectivity index (χ2n) is 8.47. The van der Waals surface area contributed by atoms with E-state index >= 15 is 0 Å². The molecule has 2 N–H and O–H groups in total. The van der Waals surface area contributed by atoms with Gasteiger partial charge in [-0.05, 0) is 63.8 Å². The third-order valence-corrected chi connectivity index (χ3v) is 7.08. The third-order valence-electron chi connectivity index (χ3n) is 5.39. The van der Waals surface area contributed by atoms with Crippen LogP contribution in [0.1, 0.15) is 35.3 Å². The predicted octanol–water partition coefficient (Wildman–Crippen LogP) is 6.90. The molecule has 3 aromatic rings. The molecule has 11 heteroatoms. The Hall–Kier alpha value is -2.78. The third kappa shape index (κ3) is 7.86. The van der Waals surface area contributed by atoms with E-state index in [4.69, 9.17) is 44.3 Å². The number of hydrogen-bond acceptors (Lipinski definition) is 5. The zero-order chi connectivity index (χ0) is 27.8. The first kappa shape index (κ1) is 29.8. The van der Waals surface area contributed by atoms with Gasteiger partial charge in [0.05, 0.1) is 27.8 Å². The zero-order valence-electron chi connectivity index (χ0n) is 20.7. The van der Waals surface area contributed by atoms with E-state index in [1.807, 2.05) is 32.0 Å². The summed E-state index contributed by atoms with van der Waals surface area (Å²) in [6.07, 6.45) is 1.46. The maximum atomic E-state index is 12.8. The Balaban J connectivity index is 1.67. The molecular formula is C27H25BrCl3N3O4. The molecule has 0 aromatic heterocycles. The van der Waals surface area contributed by atoms with E-state index in [2.05, 4.69) is 31.8 Å². The van der Waals surface area contributed by atoms with E-state index in [1.54, 1.807) is 18.2 Å². The number of ether oxygens (including phenoxy) is 2. The molecule has 0 heterocycles. The lowest BCUT2D eigenvalue weighted by Crippen LogP contribution is -2.48. The molecule has 0 spiro atoms. The molecule has 0 radical (unpaired) electrons. The van der Waals surface area contributed by atoms with Gasteiger partial charge in [0.2, 0.25) is 0 Å². The lowest BCUT2D eigenvalue weighted by molar-refractivity contribution is -0.123. The Morgan fingerprint density at radius 1 is 1.03 bits per heavy atom. The fourth-order valence-corrected chi connectivity index (χ4v) is 4.42. The average molecular weight is 642 g/mol. The number of amides is 2. The Kier molecular flexibility index (Phi) is 10.8. The molecule has 0 aliphatic rings. The molecule has 0 fully saturated rings. The summed E-state index contributed by atoms with van der Waals surface area (Å²) in [7, 11) is 1.52. The highest BCUT2D eigenvalue weighted by atomic mass is 79.9. The van der Waals surface area contributed by atoms with Crippen molar-refractivity contribution in [3.8, 4) is 11.5 Å². The summed E-state index contributed by atoms with van der Waals surface area (Å²) in [5.74, 6) is -0.176. The van der Waals surface area contributed by atoms with Crippen LogP contribution >= 0.6 is 50.7 Å². The highest BCUT2D eigenvalue weighted by molar-refractivity contribution is 9.10. The van der Waals surface area contributed by atoms with Gasteiger partial charge in [0.15, 0.2) is 11.5 Å². The number of halogens is 4. The molecule has 1 atom stereocenters. The Morgan fingerprint density at radius 2 is 1.76 bits per heavy atom. The fraction of sp³-hybridized carbons (Fsp3) is 0.222. The van der Waals surface area contributed by atoms with E-state index < -0.39 is 17.9 Å². The normalized spacial score (nSPS) is 11.9. The molecule has 38 heavy (non-hydrogen) atoms. The highest BCUT2D eigenvalue weighted by Crippen LogP contribution is 2.37. The summed E-state index contributed by atoms with van der Waals surface area (Å²) >= 11 is 21.6. The molecule has 0 bridgehead atoms. The van der Waals surface area contributed by atoms with Gasteiger partial charge in [-0.1, -0.05) is 66.8 Å². The Morgan fingerprint density at radius 3 is 2.42 bits per heavy atom. The minimum atomic E-state index is -0.837. The first-order chi connectivity index (χ1) is 18.1. The zero-order valence-corrected chi connectivity index (χ0v) is 24.6. The monoisotopic (exact) mass is 639 g/mol. The van der Waals surface area contributed by atoms with Crippen molar-refractivity contribution in [1.82, 2.24) is 10.7 Å². The van der Waals surface area contributed by atoms with E-state index in [0.717, 1.165) is 5.56 Å². The fourth-order valence-electron chi connectivity index (χ4n) is 3.36. The SMILES string of the molecule is COc1cc(/C=N/NC(=O)C(NC(=O)c2ccc(Cl)c(Cl)c2)C(C)C)cc(Br)c1OCc1ccccc1Cl. The van der Waals surface area contributed by atoms with Crippen LogP contribution in [0.15, 0.2) is 64.2 Å². The van der Waals surface area contributed by atoms with Gasteiger partial charge in [0.1, 0.15) is 12.6 Å². The second kappa shape index (κ2) is 13.8. The molecule has 3 rings (SSSR count). The minimum absolute atomic E-state index is 0.208. The molecule has 1 unspecified atom stereocenters. The standard InChI is InChI=1S/C27H25BrCl3N3O4/c1-15(2)24(33-26(35)17-8-9-21(30)22(31)12-17)27(36)34-32-13-16-10-19(28)25(23(11-16)37-3)38-14-18-6-4-5-7-20(18)29/h4-13,15,24H,14H2,1-3H3,(H,33,35)(H,34,36)/b32-13+. The molecule has 0 aliphatic carbocycles. The van der Waals surface area contributed by atoms with Crippen LogP contribution in [0, 0.1) is 5.92 Å². The van der Waals surface area contributed by atoms with E-state index in [9.17, 15) is 9.59 Å². The van der Waals surface area contributed by atoms with Crippen LogP contribution in [0.2, 0.25) is 15.1 Å². The molecule has 200 valence electrons. The van der Waals surface area contributed by atoms with Gasteiger partial charge in [-0.3, -0.25) is 9.59 Å². The quantitative estimate of drug-likeness (QED) is 0.186. The molecular weight excluding hydrogens is 617 g/mol. The van der Waals surface area contributed by atoms with Crippen LogP contribution in [0.5, 0.6) is 11.5 Å². The highest BCUT2D eigenvalue weighted by Gasteiger charge is 2.25.